The third kappa shape index (κ3) is 3.87. The maximum atomic E-state index is 12.2. The van der Waals surface area contributed by atoms with Crippen LogP contribution in [0.25, 0.3) is 0 Å². The van der Waals surface area contributed by atoms with Crippen molar-refractivity contribution >= 4 is 28.7 Å². The summed E-state index contributed by atoms with van der Waals surface area (Å²) in [6.45, 7) is 1.10. The molecule has 0 aromatic carbocycles. The summed E-state index contributed by atoms with van der Waals surface area (Å²) < 4.78 is 5.00. The smallest absolute Gasteiger partial charge is 0.253 e. The minimum absolute atomic E-state index is 0.0257. The second kappa shape index (κ2) is 7.45. The topological polar surface area (TPSA) is 100 Å². The molecule has 0 fully saturated rings. The van der Waals surface area contributed by atoms with Gasteiger partial charge in [0.25, 0.3) is 5.91 Å². The number of nitrogens with two attached hydrogens (primary N) is 1. The van der Waals surface area contributed by atoms with Crippen LogP contribution in [0.5, 0.6) is 0 Å². The lowest BCUT2D eigenvalue weighted by molar-refractivity contribution is -0.120. The first-order valence-corrected chi connectivity index (χ1v) is 8.94. The zero-order valence-corrected chi connectivity index (χ0v) is 15.5. The number of Topliss-reactive ketones (excluding diaryl/α,β-unsaturated/α-hetero) is 1. The van der Waals surface area contributed by atoms with Crippen LogP contribution in [0.2, 0.25) is 0 Å². The minimum atomic E-state index is -0.704. The van der Waals surface area contributed by atoms with Gasteiger partial charge in [0.15, 0.2) is 5.78 Å². The molecule has 1 aliphatic heterocycles. The second-order valence-corrected chi connectivity index (χ2v) is 7.63. The Bertz CT molecular complexity index is 841. The maximum Gasteiger partial charge on any atom is 0.253 e. The summed E-state index contributed by atoms with van der Waals surface area (Å²) in [5.41, 5.74) is 6.96. The number of hydrogen-bond donors (Lipinski definition) is 2. The lowest BCUT2D eigenvalue weighted by atomic mass is 10.1. The van der Waals surface area contributed by atoms with Gasteiger partial charge in [-0.1, -0.05) is 0 Å². The summed E-state index contributed by atoms with van der Waals surface area (Å²) in [5.74, 6) is -0.967. The molecule has 8 heteroatoms. The number of furan rings is 1. The van der Waals surface area contributed by atoms with Crippen molar-refractivity contribution in [2.24, 2.45) is 5.73 Å². The van der Waals surface area contributed by atoms with Gasteiger partial charge in [0.2, 0.25) is 0 Å². The summed E-state index contributed by atoms with van der Waals surface area (Å²) in [5, 5.41) is 10.2. The third-order valence-corrected chi connectivity index (χ3v) is 5.37. The molecule has 1 atom stereocenters. The molecule has 2 aromatic heterocycles. The first-order valence-electron chi connectivity index (χ1n) is 8.13. The van der Waals surface area contributed by atoms with Crippen LogP contribution in [-0.2, 0) is 22.6 Å². The van der Waals surface area contributed by atoms with Crippen LogP contribution in [0, 0.1) is 0 Å². The van der Waals surface area contributed by atoms with E-state index in [1.54, 1.807) is 18.0 Å². The first-order chi connectivity index (χ1) is 12.3. The first kappa shape index (κ1) is 18.4. The van der Waals surface area contributed by atoms with Crippen LogP contribution < -0.4 is 10.6 Å². The molecular formula is C18H21N3O4S. The normalized spacial score (nSPS) is 15.6. The Hall–Kier alpha value is -2.42. The maximum absolute atomic E-state index is 12.2. The average Bonchev–Trinajstić information content (AvgIpc) is 3.19. The molecule has 3 N–H and O–H groups in total. The van der Waals surface area contributed by atoms with Crippen LogP contribution in [0.4, 0.5) is 5.69 Å². The molecule has 2 aromatic rings. The van der Waals surface area contributed by atoms with Crippen LogP contribution in [0.15, 0.2) is 40.8 Å². The number of amides is 1. The summed E-state index contributed by atoms with van der Waals surface area (Å²) in [6.07, 6.45) is 4.12. The van der Waals surface area contributed by atoms with E-state index < -0.39 is 12.0 Å². The fourth-order valence-electron chi connectivity index (χ4n) is 2.95. The number of primary amides is 1. The molecule has 1 unspecified atom stereocenters. The SMILES string of the molecule is CN(Cc1cc2c(s1)CC(=O)C(C(N)=O)=CN2C)CC(O)c1ccoc1. The van der Waals surface area contributed by atoms with E-state index >= 15 is 0 Å². The van der Waals surface area contributed by atoms with Gasteiger partial charge in [-0.2, -0.15) is 0 Å². The van der Waals surface area contributed by atoms with E-state index in [0.29, 0.717) is 13.1 Å². The van der Waals surface area contributed by atoms with E-state index in [1.807, 2.05) is 18.0 Å². The van der Waals surface area contributed by atoms with Crippen LogP contribution >= 0.6 is 11.3 Å². The molecule has 0 bridgehead atoms. The summed E-state index contributed by atoms with van der Waals surface area (Å²) in [6, 6.07) is 3.75. The van der Waals surface area contributed by atoms with Gasteiger partial charge in [-0.05, 0) is 19.2 Å². The lowest BCUT2D eigenvalue weighted by Crippen LogP contribution is -2.24. The molecule has 0 saturated carbocycles. The molecule has 0 radical (unpaired) electrons. The number of fused-ring (bicyclic) bond motifs is 1. The Kier molecular flexibility index (Phi) is 5.26. The van der Waals surface area contributed by atoms with Crippen molar-refractivity contribution in [3.05, 3.63) is 51.7 Å². The van der Waals surface area contributed by atoms with Crippen molar-refractivity contribution in [2.45, 2.75) is 19.1 Å². The fraction of sp³-hybridized carbons (Fsp3) is 0.333. The van der Waals surface area contributed by atoms with Crippen molar-refractivity contribution < 1.29 is 19.1 Å². The van der Waals surface area contributed by atoms with Crippen molar-refractivity contribution in [3.8, 4) is 0 Å². The number of aliphatic hydroxyl groups excluding tert-OH is 1. The van der Waals surface area contributed by atoms with E-state index in [-0.39, 0.29) is 17.8 Å². The van der Waals surface area contributed by atoms with Crippen molar-refractivity contribution in [2.75, 3.05) is 25.5 Å². The number of aliphatic hydroxyl groups is 1. The van der Waals surface area contributed by atoms with Gasteiger partial charge >= 0.3 is 0 Å². The van der Waals surface area contributed by atoms with Crippen LogP contribution in [-0.4, -0.2) is 42.3 Å². The molecule has 3 rings (SSSR count). The fourth-order valence-corrected chi connectivity index (χ4v) is 4.23. The molecule has 1 amide bonds. The predicted molar refractivity (Wildman–Crippen MR) is 98.7 cm³/mol. The van der Waals surface area contributed by atoms with Crippen LogP contribution in [0.3, 0.4) is 0 Å². The number of ketones is 1. The van der Waals surface area contributed by atoms with E-state index in [2.05, 4.69) is 0 Å². The molecule has 0 spiro atoms. The third-order valence-electron chi connectivity index (χ3n) is 4.27. The standard InChI is InChI=1S/C18H21N3O4S/c1-20(9-16(23)11-3-4-25-10-11)7-12-5-14-17(26-12)6-15(22)13(18(19)24)8-21(14)2/h3-5,8,10,16,23H,6-7,9H2,1-2H3,(H2,19,24). The van der Waals surface area contributed by atoms with E-state index in [1.165, 1.54) is 30.1 Å². The molecular weight excluding hydrogens is 354 g/mol. The molecule has 7 nitrogen and oxygen atoms in total. The highest BCUT2D eigenvalue weighted by Crippen LogP contribution is 2.34. The zero-order valence-electron chi connectivity index (χ0n) is 14.6. The Balaban J connectivity index is 1.71. The van der Waals surface area contributed by atoms with Gasteiger partial charge < -0.3 is 20.2 Å². The van der Waals surface area contributed by atoms with E-state index in [0.717, 1.165) is 21.0 Å². The van der Waals surface area contributed by atoms with Crippen molar-refractivity contribution in [3.63, 3.8) is 0 Å². The summed E-state index contributed by atoms with van der Waals surface area (Å²) >= 11 is 1.53. The van der Waals surface area contributed by atoms with Gasteiger partial charge in [0, 0.05) is 48.1 Å². The number of anilines is 1. The largest absolute Gasteiger partial charge is 0.472 e. The van der Waals surface area contributed by atoms with E-state index in [9.17, 15) is 14.7 Å². The number of rotatable bonds is 6. The molecule has 0 aliphatic carbocycles. The van der Waals surface area contributed by atoms with Gasteiger partial charge in [0.05, 0.1) is 29.9 Å². The number of likely N-dealkylation sites (N-methyl/N-ethyl adjacent to an activating group) is 1. The van der Waals surface area contributed by atoms with Gasteiger partial charge in [-0.15, -0.1) is 11.3 Å². The molecule has 1 aliphatic rings. The molecule has 3 heterocycles. The highest BCUT2D eigenvalue weighted by molar-refractivity contribution is 7.12. The Morgan fingerprint density at radius 1 is 1.54 bits per heavy atom. The van der Waals surface area contributed by atoms with Crippen LogP contribution in [0.1, 0.15) is 21.4 Å². The van der Waals surface area contributed by atoms with Crippen molar-refractivity contribution in [1.82, 2.24) is 4.90 Å². The second-order valence-electron chi connectivity index (χ2n) is 6.41. The molecule has 26 heavy (non-hydrogen) atoms. The van der Waals surface area contributed by atoms with E-state index in [4.69, 9.17) is 10.2 Å². The average molecular weight is 375 g/mol. The lowest BCUT2D eigenvalue weighted by Gasteiger charge is -2.19. The summed E-state index contributed by atoms with van der Waals surface area (Å²) in [7, 11) is 3.72. The Labute approximate surface area is 155 Å². The highest BCUT2D eigenvalue weighted by Gasteiger charge is 2.25. The Morgan fingerprint density at radius 2 is 2.31 bits per heavy atom. The number of thiophene rings is 1. The monoisotopic (exact) mass is 375 g/mol. The number of carbonyl (C=O) groups is 2. The van der Waals surface area contributed by atoms with Gasteiger partial charge in [-0.25, -0.2) is 0 Å². The number of carbonyl (C=O) groups excluding carboxylic acids is 2. The summed E-state index contributed by atoms with van der Waals surface area (Å²) in [4.78, 5) is 29.4. The number of hydrogen-bond acceptors (Lipinski definition) is 7. The van der Waals surface area contributed by atoms with Gasteiger partial charge in [0.1, 0.15) is 0 Å². The predicted octanol–water partition coefficient (Wildman–Crippen LogP) is 1.44. The molecule has 0 saturated heterocycles. The molecule has 138 valence electrons. The van der Waals surface area contributed by atoms with Gasteiger partial charge in [-0.3, -0.25) is 14.5 Å². The minimum Gasteiger partial charge on any atom is -0.472 e. The Morgan fingerprint density at radius 3 is 2.96 bits per heavy atom. The number of nitrogens with zero attached hydrogens (tertiary/aromatic N) is 2. The van der Waals surface area contributed by atoms with Crippen molar-refractivity contribution in [1.29, 1.82) is 0 Å². The highest BCUT2D eigenvalue weighted by atomic mass is 32.1. The zero-order chi connectivity index (χ0) is 18.8. The quantitative estimate of drug-likeness (QED) is 0.741.